The molecule has 0 unspecified atom stereocenters. The second-order valence-corrected chi connectivity index (χ2v) is 6.63. The number of carbonyl (C=O) groups is 1. The maximum absolute atomic E-state index is 14.0. The summed E-state index contributed by atoms with van der Waals surface area (Å²) in [4.78, 5) is 24.9. The third-order valence-corrected chi connectivity index (χ3v) is 4.42. The maximum atomic E-state index is 14.0. The molecule has 0 bridgehead atoms. The number of anilines is 1. The number of aromatic nitrogens is 2. The summed E-state index contributed by atoms with van der Waals surface area (Å²) in [6.45, 7) is 6.35. The molecule has 0 atom stereocenters. The first-order valence-electron chi connectivity index (χ1n) is 8.85. The molecule has 1 amide bonds. The number of ether oxygens (including phenoxy) is 1. The number of halogens is 2. The molecule has 27 heavy (non-hydrogen) atoms. The predicted octanol–water partition coefficient (Wildman–Crippen LogP) is 2.64. The lowest BCUT2D eigenvalue weighted by atomic mass is 10.1. The highest BCUT2D eigenvalue weighted by Gasteiger charge is 2.22. The van der Waals surface area contributed by atoms with E-state index in [9.17, 15) is 13.6 Å². The van der Waals surface area contributed by atoms with Crippen LogP contribution in [0.15, 0.2) is 30.6 Å². The molecule has 0 spiro atoms. The standard InChI is InChI=1S/C19H22F2N4O2/c1-13(2)25(12-14-3-4-16(20)9-17(14)21)18(26)15-10-22-19(23-11-15)24-5-7-27-8-6-24/h3-4,9-11,13H,5-8,12H2,1-2H3. The number of amides is 1. The Hall–Kier alpha value is -2.61. The van der Waals surface area contributed by atoms with Crippen molar-refractivity contribution in [2.24, 2.45) is 0 Å². The van der Waals surface area contributed by atoms with Gasteiger partial charge in [-0.15, -0.1) is 0 Å². The summed E-state index contributed by atoms with van der Waals surface area (Å²) in [6.07, 6.45) is 2.97. The Morgan fingerprint density at radius 3 is 2.48 bits per heavy atom. The molecule has 6 nitrogen and oxygen atoms in total. The minimum absolute atomic E-state index is 0.0355. The molecule has 8 heteroatoms. The van der Waals surface area contributed by atoms with E-state index in [4.69, 9.17) is 4.74 Å². The molecule has 3 rings (SSSR count). The summed E-state index contributed by atoms with van der Waals surface area (Å²) in [5, 5.41) is 0. The van der Waals surface area contributed by atoms with Crippen LogP contribution in [0, 0.1) is 11.6 Å². The summed E-state index contributed by atoms with van der Waals surface area (Å²) in [7, 11) is 0. The van der Waals surface area contributed by atoms with Gasteiger partial charge in [-0.3, -0.25) is 4.79 Å². The molecule has 2 heterocycles. The Morgan fingerprint density at radius 2 is 1.89 bits per heavy atom. The fraction of sp³-hybridized carbons (Fsp3) is 0.421. The molecule has 1 aliphatic rings. The van der Waals surface area contributed by atoms with Crippen LogP contribution in [0.2, 0.25) is 0 Å². The van der Waals surface area contributed by atoms with Gasteiger partial charge in [-0.1, -0.05) is 6.07 Å². The Bertz CT molecular complexity index is 793. The Kier molecular flexibility index (Phi) is 5.95. The van der Waals surface area contributed by atoms with Gasteiger partial charge in [0.25, 0.3) is 5.91 Å². The maximum Gasteiger partial charge on any atom is 0.257 e. The van der Waals surface area contributed by atoms with Gasteiger partial charge in [0.2, 0.25) is 5.95 Å². The molecule has 0 N–H and O–H groups in total. The molecule has 1 saturated heterocycles. The molecule has 1 fully saturated rings. The first-order valence-corrected chi connectivity index (χ1v) is 8.85. The van der Waals surface area contributed by atoms with Crippen LogP contribution in [0.4, 0.5) is 14.7 Å². The van der Waals surface area contributed by atoms with E-state index in [0.717, 1.165) is 6.07 Å². The number of hydrogen-bond donors (Lipinski definition) is 0. The molecule has 0 aliphatic carbocycles. The number of benzene rings is 1. The van der Waals surface area contributed by atoms with Crippen molar-refractivity contribution in [2.75, 3.05) is 31.2 Å². The van der Waals surface area contributed by atoms with Gasteiger partial charge in [0, 0.05) is 49.7 Å². The second kappa shape index (κ2) is 8.39. The third kappa shape index (κ3) is 4.57. The molecule has 0 saturated carbocycles. The van der Waals surface area contributed by atoms with E-state index in [1.54, 1.807) is 0 Å². The van der Waals surface area contributed by atoms with Gasteiger partial charge in [0.05, 0.1) is 18.8 Å². The second-order valence-electron chi connectivity index (χ2n) is 6.63. The van der Waals surface area contributed by atoms with Crippen molar-refractivity contribution in [1.29, 1.82) is 0 Å². The van der Waals surface area contributed by atoms with Gasteiger partial charge >= 0.3 is 0 Å². The lowest BCUT2D eigenvalue weighted by Crippen LogP contribution is -2.38. The van der Waals surface area contributed by atoms with E-state index in [-0.39, 0.29) is 24.1 Å². The zero-order valence-electron chi connectivity index (χ0n) is 15.4. The SMILES string of the molecule is CC(C)N(Cc1ccc(F)cc1F)C(=O)c1cnc(N2CCOCC2)nc1. The smallest absolute Gasteiger partial charge is 0.257 e. The van der Waals surface area contributed by atoms with Crippen LogP contribution in [0.3, 0.4) is 0 Å². The minimum atomic E-state index is -0.674. The van der Waals surface area contributed by atoms with Crippen LogP contribution in [0.25, 0.3) is 0 Å². The van der Waals surface area contributed by atoms with Crippen LogP contribution >= 0.6 is 0 Å². The summed E-state index contributed by atoms with van der Waals surface area (Å²) in [5.74, 6) is -1.07. The van der Waals surface area contributed by atoms with E-state index in [2.05, 4.69) is 9.97 Å². The van der Waals surface area contributed by atoms with Crippen molar-refractivity contribution >= 4 is 11.9 Å². The lowest BCUT2D eigenvalue weighted by molar-refractivity contribution is 0.0687. The van der Waals surface area contributed by atoms with Crippen LogP contribution in [0.1, 0.15) is 29.8 Å². The van der Waals surface area contributed by atoms with Crippen molar-refractivity contribution in [3.05, 3.63) is 53.4 Å². The van der Waals surface area contributed by atoms with Gasteiger partial charge < -0.3 is 14.5 Å². The van der Waals surface area contributed by atoms with Crippen molar-refractivity contribution in [1.82, 2.24) is 14.9 Å². The van der Waals surface area contributed by atoms with Crippen LogP contribution < -0.4 is 4.90 Å². The number of nitrogens with zero attached hydrogens (tertiary/aromatic N) is 4. The number of morpholine rings is 1. The summed E-state index contributed by atoms with van der Waals surface area (Å²) >= 11 is 0. The topological polar surface area (TPSA) is 58.6 Å². The Labute approximate surface area is 156 Å². The van der Waals surface area contributed by atoms with Gasteiger partial charge in [0.1, 0.15) is 11.6 Å². The highest BCUT2D eigenvalue weighted by Crippen LogP contribution is 2.17. The quantitative estimate of drug-likeness (QED) is 0.803. The van der Waals surface area contributed by atoms with Crippen molar-refractivity contribution in [2.45, 2.75) is 26.4 Å². The summed E-state index contributed by atoms with van der Waals surface area (Å²) in [6, 6.07) is 3.17. The van der Waals surface area contributed by atoms with E-state index < -0.39 is 11.6 Å². The zero-order valence-corrected chi connectivity index (χ0v) is 15.4. The van der Waals surface area contributed by atoms with E-state index in [1.165, 1.54) is 29.4 Å². The average molecular weight is 376 g/mol. The van der Waals surface area contributed by atoms with E-state index in [0.29, 0.717) is 37.8 Å². The highest BCUT2D eigenvalue weighted by atomic mass is 19.1. The van der Waals surface area contributed by atoms with Gasteiger partial charge in [0.15, 0.2) is 0 Å². The summed E-state index contributed by atoms with van der Waals surface area (Å²) < 4.78 is 32.4. The van der Waals surface area contributed by atoms with Crippen molar-refractivity contribution in [3.8, 4) is 0 Å². The number of rotatable bonds is 5. The lowest BCUT2D eigenvalue weighted by Gasteiger charge is -2.28. The fourth-order valence-electron chi connectivity index (χ4n) is 2.85. The summed E-state index contributed by atoms with van der Waals surface area (Å²) in [5.41, 5.74) is 0.576. The Morgan fingerprint density at radius 1 is 1.22 bits per heavy atom. The molecule has 1 aromatic carbocycles. The molecule has 2 aromatic rings. The van der Waals surface area contributed by atoms with Crippen molar-refractivity contribution in [3.63, 3.8) is 0 Å². The molecular weight excluding hydrogens is 354 g/mol. The van der Waals surface area contributed by atoms with E-state index >= 15 is 0 Å². The number of hydrogen-bond acceptors (Lipinski definition) is 5. The highest BCUT2D eigenvalue weighted by molar-refractivity contribution is 5.93. The first kappa shape index (κ1) is 19.2. The van der Waals surface area contributed by atoms with Crippen LogP contribution in [0.5, 0.6) is 0 Å². The fourth-order valence-corrected chi connectivity index (χ4v) is 2.85. The van der Waals surface area contributed by atoms with Gasteiger partial charge in [-0.2, -0.15) is 0 Å². The first-order chi connectivity index (χ1) is 13.0. The van der Waals surface area contributed by atoms with Gasteiger partial charge in [-0.25, -0.2) is 18.7 Å². The molecule has 0 radical (unpaired) electrons. The minimum Gasteiger partial charge on any atom is -0.378 e. The molecule has 1 aromatic heterocycles. The van der Waals surface area contributed by atoms with Crippen LogP contribution in [-0.4, -0.2) is 53.1 Å². The monoisotopic (exact) mass is 376 g/mol. The average Bonchev–Trinajstić information content (AvgIpc) is 2.67. The predicted molar refractivity (Wildman–Crippen MR) is 96.4 cm³/mol. The van der Waals surface area contributed by atoms with Crippen LogP contribution in [-0.2, 0) is 11.3 Å². The van der Waals surface area contributed by atoms with E-state index in [1.807, 2.05) is 18.7 Å². The molecule has 1 aliphatic heterocycles. The Balaban J connectivity index is 1.76. The largest absolute Gasteiger partial charge is 0.378 e. The zero-order chi connectivity index (χ0) is 19.4. The molecular formula is C19H22F2N4O2. The van der Waals surface area contributed by atoms with Gasteiger partial charge in [-0.05, 0) is 19.9 Å². The number of carbonyl (C=O) groups excluding carboxylic acids is 1. The molecule has 144 valence electrons. The normalized spacial score (nSPS) is 14.5. The van der Waals surface area contributed by atoms with Crippen molar-refractivity contribution < 1.29 is 18.3 Å². The third-order valence-electron chi connectivity index (χ3n) is 4.42.